The first-order chi connectivity index (χ1) is 17.4. The summed E-state index contributed by atoms with van der Waals surface area (Å²) in [6.07, 6.45) is 2.29. The van der Waals surface area contributed by atoms with Crippen LogP contribution >= 0.6 is 11.8 Å². The van der Waals surface area contributed by atoms with E-state index in [2.05, 4.69) is 0 Å². The maximum atomic E-state index is 15.4. The number of benzene rings is 2. The maximum absolute atomic E-state index is 15.4. The van der Waals surface area contributed by atoms with E-state index in [-0.39, 0.29) is 41.3 Å². The molecule has 0 radical (unpaired) electrons. The Morgan fingerprint density at radius 3 is 2.81 bits per heavy atom. The van der Waals surface area contributed by atoms with E-state index in [1.165, 1.54) is 28.7 Å². The summed E-state index contributed by atoms with van der Waals surface area (Å²) in [6.45, 7) is 0.904. The lowest BCUT2D eigenvalue weighted by atomic mass is 9.92. The standard InChI is InChI=1S/C26H21F2N3O4S/c27-17-8-19-21-16(22(17)28)11-36-20-4-2-1-3-15(20)23(21)31-12-29(9-13-7-14(13)10-35-19)26(34)24-25(33)18(32)5-6-30(24)31/h1-6,8,13-14,23,33H,7,9-12H2/t13?,14-,23-/m1/s1. The number of carbonyl (C=O) groups excluding carboxylic acids is 1. The quantitative estimate of drug-likeness (QED) is 0.499. The minimum atomic E-state index is -0.964. The van der Waals surface area contributed by atoms with Crippen molar-refractivity contribution in [1.82, 2.24) is 9.58 Å². The number of ether oxygens (including phenoxy) is 1. The molecule has 3 atom stereocenters. The van der Waals surface area contributed by atoms with Crippen molar-refractivity contribution in [1.29, 1.82) is 0 Å². The number of nitrogens with zero attached hydrogens (tertiary/aromatic N) is 3. The highest BCUT2D eigenvalue weighted by atomic mass is 32.2. The third kappa shape index (κ3) is 3.09. The molecular weight excluding hydrogens is 488 g/mol. The minimum Gasteiger partial charge on any atom is -0.502 e. The van der Waals surface area contributed by atoms with Crippen LogP contribution in [0.3, 0.4) is 0 Å². The van der Waals surface area contributed by atoms with Gasteiger partial charge < -0.3 is 14.7 Å². The molecule has 4 heterocycles. The number of pyridine rings is 1. The highest BCUT2D eigenvalue weighted by molar-refractivity contribution is 7.98. The highest BCUT2D eigenvalue weighted by Gasteiger charge is 2.46. The van der Waals surface area contributed by atoms with E-state index < -0.39 is 34.8 Å². The van der Waals surface area contributed by atoms with Crippen LogP contribution in [0.4, 0.5) is 8.78 Å². The van der Waals surface area contributed by atoms with Gasteiger partial charge in [-0.15, -0.1) is 11.8 Å². The number of hydrogen-bond donors (Lipinski definition) is 1. The summed E-state index contributed by atoms with van der Waals surface area (Å²) >= 11 is 1.41. The van der Waals surface area contributed by atoms with Gasteiger partial charge in [0.05, 0.1) is 6.61 Å². The van der Waals surface area contributed by atoms with Crippen LogP contribution in [0.5, 0.6) is 11.5 Å². The zero-order valence-electron chi connectivity index (χ0n) is 19.0. The van der Waals surface area contributed by atoms with E-state index >= 15 is 4.39 Å². The van der Waals surface area contributed by atoms with Crippen molar-refractivity contribution in [2.24, 2.45) is 11.8 Å². The Labute approximate surface area is 208 Å². The molecule has 3 aromatic rings. The van der Waals surface area contributed by atoms with Gasteiger partial charge in [0.25, 0.3) is 5.91 Å². The summed E-state index contributed by atoms with van der Waals surface area (Å²) in [7, 11) is 0. The smallest absolute Gasteiger partial charge is 0.277 e. The average Bonchev–Trinajstić information content (AvgIpc) is 3.64. The lowest BCUT2D eigenvalue weighted by Gasteiger charge is -2.44. The van der Waals surface area contributed by atoms with Crippen molar-refractivity contribution in [2.75, 3.05) is 24.8 Å². The van der Waals surface area contributed by atoms with Crippen molar-refractivity contribution in [3.63, 3.8) is 0 Å². The number of aromatic nitrogens is 1. The molecule has 1 aliphatic carbocycles. The number of hydrogen-bond acceptors (Lipinski definition) is 6. The van der Waals surface area contributed by atoms with Gasteiger partial charge in [0.1, 0.15) is 18.5 Å². The van der Waals surface area contributed by atoms with Crippen LogP contribution < -0.4 is 15.2 Å². The molecule has 0 spiro atoms. The molecule has 7 nitrogen and oxygen atoms in total. The van der Waals surface area contributed by atoms with Crippen molar-refractivity contribution in [3.8, 4) is 11.5 Å². The fourth-order valence-corrected chi connectivity index (χ4v) is 6.74. The zero-order valence-corrected chi connectivity index (χ0v) is 19.8. The molecule has 3 aliphatic heterocycles. The molecule has 184 valence electrons. The number of rotatable bonds is 0. The summed E-state index contributed by atoms with van der Waals surface area (Å²) in [6, 6.07) is 9.25. The second-order valence-electron chi connectivity index (χ2n) is 9.69. The topological polar surface area (TPSA) is 75.0 Å². The minimum absolute atomic E-state index is 0.133. The van der Waals surface area contributed by atoms with Crippen molar-refractivity contribution in [3.05, 3.63) is 86.8 Å². The fraction of sp³-hybridized carbons (Fsp3) is 0.308. The molecule has 1 saturated carbocycles. The van der Waals surface area contributed by atoms with Crippen molar-refractivity contribution in [2.45, 2.75) is 23.1 Å². The first-order valence-electron chi connectivity index (χ1n) is 11.8. The number of amides is 1. The number of fused-ring (bicyclic) bond motifs is 8. The summed E-state index contributed by atoms with van der Waals surface area (Å²) in [5, 5.41) is 12.5. The van der Waals surface area contributed by atoms with Gasteiger partial charge in [-0.25, -0.2) is 8.78 Å². The van der Waals surface area contributed by atoms with Crippen LogP contribution in [0.25, 0.3) is 0 Å². The first-order valence-corrected chi connectivity index (χ1v) is 12.8. The molecule has 2 aromatic carbocycles. The number of halogens is 2. The van der Waals surface area contributed by atoms with Crippen LogP contribution in [-0.2, 0) is 5.75 Å². The summed E-state index contributed by atoms with van der Waals surface area (Å²) < 4.78 is 37.8. The Morgan fingerprint density at radius 2 is 1.94 bits per heavy atom. The second kappa shape index (κ2) is 7.73. The van der Waals surface area contributed by atoms with Crippen LogP contribution in [0.15, 0.2) is 52.3 Å². The Morgan fingerprint density at radius 1 is 1.11 bits per heavy atom. The monoisotopic (exact) mass is 509 g/mol. The molecule has 1 N–H and O–H groups in total. The van der Waals surface area contributed by atoms with E-state index in [0.717, 1.165) is 22.9 Å². The molecule has 4 aliphatic rings. The van der Waals surface area contributed by atoms with Gasteiger partial charge in [-0.2, -0.15) is 0 Å². The summed E-state index contributed by atoms with van der Waals surface area (Å²) in [5.74, 6) is -2.12. The van der Waals surface area contributed by atoms with Gasteiger partial charge in [-0.3, -0.25) is 19.3 Å². The number of aromatic hydroxyl groups is 1. The van der Waals surface area contributed by atoms with E-state index in [4.69, 9.17) is 4.74 Å². The molecule has 10 heteroatoms. The molecule has 1 aromatic heterocycles. The lowest BCUT2D eigenvalue weighted by molar-refractivity contribution is 0.0667. The first kappa shape index (κ1) is 21.7. The van der Waals surface area contributed by atoms with Crippen molar-refractivity contribution >= 4 is 17.7 Å². The number of carbonyl (C=O) groups is 1. The van der Waals surface area contributed by atoms with Crippen LogP contribution in [-0.4, -0.2) is 40.4 Å². The van der Waals surface area contributed by atoms with Gasteiger partial charge in [0.15, 0.2) is 23.1 Å². The Bertz CT molecular complexity index is 1510. The van der Waals surface area contributed by atoms with Crippen molar-refractivity contribution < 1.29 is 23.4 Å². The zero-order chi connectivity index (χ0) is 24.7. The summed E-state index contributed by atoms with van der Waals surface area (Å²) in [4.78, 5) is 28.3. The van der Waals surface area contributed by atoms with Gasteiger partial charge in [0, 0.05) is 46.6 Å². The normalized spacial score (nSPS) is 23.8. The van der Waals surface area contributed by atoms with Gasteiger partial charge in [-0.05, 0) is 29.9 Å². The van der Waals surface area contributed by atoms with Gasteiger partial charge in [0.2, 0.25) is 5.43 Å². The fourth-order valence-electron chi connectivity index (χ4n) is 5.63. The molecule has 1 amide bonds. The van der Waals surface area contributed by atoms with Gasteiger partial charge in [-0.1, -0.05) is 18.2 Å². The van der Waals surface area contributed by atoms with Crippen LogP contribution in [0.1, 0.15) is 39.6 Å². The SMILES string of the molecule is O=C1c2c(O)c(=O)ccn2N2CN1CC1C[C@@H]1COc1cc(F)c(F)c3c1[C@H]2c1ccccc1SC3. The molecule has 36 heavy (non-hydrogen) atoms. The molecule has 7 rings (SSSR count). The highest BCUT2D eigenvalue weighted by Crippen LogP contribution is 2.49. The average molecular weight is 510 g/mol. The Balaban J connectivity index is 1.56. The third-order valence-electron chi connectivity index (χ3n) is 7.59. The predicted molar refractivity (Wildman–Crippen MR) is 128 cm³/mol. The van der Waals surface area contributed by atoms with E-state index in [1.54, 1.807) is 4.90 Å². The predicted octanol–water partition coefficient (Wildman–Crippen LogP) is 3.61. The van der Waals surface area contributed by atoms with Crippen LogP contribution in [0, 0.1) is 23.5 Å². The molecular formula is C26H21F2N3O4S. The molecule has 1 unspecified atom stereocenters. The molecule has 1 fully saturated rings. The van der Waals surface area contributed by atoms with E-state index in [0.29, 0.717) is 18.7 Å². The van der Waals surface area contributed by atoms with E-state index in [1.807, 2.05) is 29.3 Å². The maximum Gasteiger partial charge on any atom is 0.277 e. The number of thioether (sulfide) groups is 1. The lowest BCUT2D eigenvalue weighted by Crippen LogP contribution is -2.56. The van der Waals surface area contributed by atoms with Gasteiger partial charge >= 0.3 is 0 Å². The summed E-state index contributed by atoms with van der Waals surface area (Å²) in [5.41, 5.74) is 0.743. The molecule has 2 bridgehead atoms. The van der Waals surface area contributed by atoms with E-state index in [9.17, 15) is 19.1 Å². The molecule has 0 saturated heterocycles. The third-order valence-corrected chi connectivity index (χ3v) is 8.71. The Kier molecular flexibility index (Phi) is 4.67. The Hall–Kier alpha value is -3.53. The second-order valence-corrected chi connectivity index (χ2v) is 10.7. The largest absolute Gasteiger partial charge is 0.502 e. The van der Waals surface area contributed by atoms with Crippen LogP contribution in [0.2, 0.25) is 0 Å².